The number of nitrogens with zero attached hydrogens (tertiary/aromatic N) is 1. The van der Waals surface area contributed by atoms with Crippen molar-refractivity contribution in [2.75, 3.05) is 20.1 Å². The van der Waals surface area contributed by atoms with E-state index in [1.165, 1.54) is 6.07 Å². The summed E-state index contributed by atoms with van der Waals surface area (Å²) in [7, 11) is -1.67. The van der Waals surface area contributed by atoms with Crippen molar-refractivity contribution in [3.63, 3.8) is 0 Å². The number of nitrogens with one attached hydrogen (secondary N) is 1. The van der Waals surface area contributed by atoms with E-state index in [0.29, 0.717) is 17.5 Å². The average Bonchev–Trinajstić information content (AvgIpc) is 3.13. The zero-order chi connectivity index (χ0) is 17.2. The van der Waals surface area contributed by atoms with Crippen LogP contribution in [0, 0.1) is 0 Å². The second-order valence-corrected chi connectivity index (χ2v) is 9.07. The first-order valence-electron chi connectivity index (χ1n) is 7.89. The van der Waals surface area contributed by atoms with Gasteiger partial charge in [-0.15, -0.1) is 11.3 Å². The number of hydrogen-bond donors (Lipinski definition) is 1. The number of carbonyl (C=O) groups is 1. The molecule has 0 saturated carbocycles. The summed E-state index contributed by atoms with van der Waals surface area (Å²) in [5, 5.41) is 3.20. The molecule has 2 aromatic rings. The summed E-state index contributed by atoms with van der Waals surface area (Å²) in [5.41, 5.74) is 0. The van der Waals surface area contributed by atoms with Gasteiger partial charge in [0, 0.05) is 19.1 Å². The molecule has 128 valence electrons. The summed E-state index contributed by atoms with van der Waals surface area (Å²) in [5.74, 6) is -0.0885. The summed E-state index contributed by atoms with van der Waals surface area (Å²) in [4.78, 5) is 15.2. The van der Waals surface area contributed by atoms with Crippen LogP contribution < -0.4 is 5.32 Å². The van der Waals surface area contributed by atoms with Crippen molar-refractivity contribution in [1.82, 2.24) is 10.2 Å². The van der Waals surface area contributed by atoms with Gasteiger partial charge < -0.3 is 10.2 Å². The molecule has 1 amide bonds. The van der Waals surface area contributed by atoms with E-state index in [9.17, 15) is 13.2 Å². The van der Waals surface area contributed by atoms with Crippen LogP contribution in [0.3, 0.4) is 0 Å². The van der Waals surface area contributed by atoms with Crippen molar-refractivity contribution in [1.29, 1.82) is 0 Å². The lowest BCUT2D eigenvalue weighted by Gasteiger charge is -2.32. The second-order valence-electron chi connectivity index (χ2n) is 5.81. The average molecular weight is 364 g/mol. The van der Waals surface area contributed by atoms with E-state index in [2.05, 4.69) is 5.32 Å². The van der Waals surface area contributed by atoms with Crippen molar-refractivity contribution in [3.8, 4) is 0 Å². The predicted octanol–water partition coefficient (Wildman–Crippen LogP) is 2.40. The van der Waals surface area contributed by atoms with E-state index < -0.39 is 9.84 Å². The van der Waals surface area contributed by atoms with Crippen LogP contribution in [0.4, 0.5) is 0 Å². The van der Waals surface area contributed by atoms with E-state index in [4.69, 9.17) is 0 Å². The summed E-state index contributed by atoms with van der Waals surface area (Å²) in [6.07, 6.45) is 2.01. The van der Waals surface area contributed by atoms with Crippen LogP contribution in [-0.4, -0.2) is 45.4 Å². The maximum atomic E-state index is 12.7. The molecule has 1 fully saturated rings. The monoisotopic (exact) mass is 364 g/mol. The highest BCUT2D eigenvalue weighted by molar-refractivity contribution is 7.93. The minimum Gasteiger partial charge on any atom is -0.336 e. The van der Waals surface area contributed by atoms with E-state index in [1.54, 1.807) is 41.3 Å². The predicted molar refractivity (Wildman–Crippen MR) is 94.2 cm³/mol. The van der Waals surface area contributed by atoms with Gasteiger partial charge in [0.15, 0.2) is 0 Å². The molecule has 1 aliphatic heterocycles. The van der Waals surface area contributed by atoms with E-state index in [-0.39, 0.29) is 15.0 Å². The molecule has 2 heterocycles. The number of amides is 1. The Bertz CT molecular complexity index is 815. The molecular weight excluding hydrogens is 344 g/mol. The number of thiophene rings is 1. The normalized spacial score (nSPS) is 18.5. The fraction of sp³-hybridized carbons (Fsp3) is 0.353. The van der Waals surface area contributed by atoms with Crippen molar-refractivity contribution < 1.29 is 13.2 Å². The summed E-state index contributed by atoms with van der Waals surface area (Å²) in [6, 6.07) is 11.7. The Hall–Kier alpha value is -1.70. The molecule has 3 rings (SSSR count). The Kier molecular flexibility index (Phi) is 5.03. The highest BCUT2D eigenvalue weighted by Gasteiger charge is 2.26. The third-order valence-corrected chi connectivity index (χ3v) is 7.56. The van der Waals surface area contributed by atoms with Crippen LogP contribution in [0.1, 0.15) is 22.5 Å². The number of carbonyl (C=O) groups excluding carboxylic acids is 1. The molecule has 1 saturated heterocycles. The Morgan fingerprint density at radius 1 is 1.21 bits per heavy atom. The zero-order valence-electron chi connectivity index (χ0n) is 13.4. The van der Waals surface area contributed by atoms with E-state index in [1.807, 2.05) is 7.05 Å². The van der Waals surface area contributed by atoms with Gasteiger partial charge in [-0.2, -0.15) is 0 Å². The number of likely N-dealkylation sites (N-methyl/N-ethyl adjacent to an activating group) is 1. The third-order valence-electron chi connectivity index (χ3n) is 4.23. The quantitative estimate of drug-likeness (QED) is 0.905. The summed E-state index contributed by atoms with van der Waals surface area (Å²) < 4.78 is 25.4. The van der Waals surface area contributed by atoms with Crippen LogP contribution in [0.2, 0.25) is 0 Å². The number of likely N-dealkylation sites (tertiary alicyclic amines) is 1. The molecule has 1 unspecified atom stereocenters. The van der Waals surface area contributed by atoms with E-state index >= 15 is 0 Å². The molecule has 1 aromatic carbocycles. The molecule has 0 radical (unpaired) electrons. The minimum absolute atomic E-state index is 0.0885. The van der Waals surface area contributed by atoms with Crippen LogP contribution in [0.25, 0.3) is 0 Å². The van der Waals surface area contributed by atoms with Crippen molar-refractivity contribution in [2.24, 2.45) is 0 Å². The van der Waals surface area contributed by atoms with Gasteiger partial charge in [-0.05, 0) is 44.2 Å². The smallest absolute Gasteiger partial charge is 0.264 e. The number of hydrogen-bond acceptors (Lipinski definition) is 5. The van der Waals surface area contributed by atoms with Crippen LogP contribution in [-0.2, 0) is 9.84 Å². The first-order valence-corrected chi connectivity index (χ1v) is 10.2. The molecule has 7 heteroatoms. The number of benzene rings is 1. The van der Waals surface area contributed by atoms with Crippen LogP contribution in [0.15, 0.2) is 51.6 Å². The first kappa shape index (κ1) is 17.1. The van der Waals surface area contributed by atoms with Gasteiger partial charge >= 0.3 is 0 Å². The summed E-state index contributed by atoms with van der Waals surface area (Å²) >= 11 is 1.05. The molecule has 5 nitrogen and oxygen atoms in total. The van der Waals surface area contributed by atoms with Gasteiger partial charge in [0.2, 0.25) is 9.84 Å². The third kappa shape index (κ3) is 3.38. The molecule has 0 spiro atoms. The van der Waals surface area contributed by atoms with Gasteiger partial charge in [-0.25, -0.2) is 8.42 Å². The van der Waals surface area contributed by atoms with Gasteiger partial charge in [0.05, 0.1) is 9.77 Å². The Morgan fingerprint density at radius 2 is 1.96 bits per heavy atom. The van der Waals surface area contributed by atoms with E-state index in [0.717, 1.165) is 30.7 Å². The summed E-state index contributed by atoms with van der Waals surface area (Å²) in [6.45, 7) is 1.38. The molecule has 0 bridgehead atoms. The van der Waals surface area contributed by atoms with Crippen molar-refractivity contribution >= 4 is 27.1 Å². The Morgan fingerprint density at radius 3 is 2.67 bits per heavy atom. The topological polar surface area (TPSA) is 66.5 Å². The zero-order valence-corrected chi connectivity index (χ0v) is 15.1. The van der Waals surface area contributed by atoms with Crippen LogP contribution >= 0.6 is 11.3 Å². The second kappa shape index (κ2) is 7.04. The molecule has 24 heavy (non-hydrogen) atoms. The van der Waals surface area contributed by atoms with Gasteiger partial charge in [0.25, 0.3) is 5.91 Å². The SMILES string of the molecule is CNC1CCCN(C(=O)c2ccc(S(=O)(=O)c3ccccc3)s2)C1. The maximum absolute atomic E-state index is 12.7. The number of rotatable bonds is 4. The number of sulfone groups is 1. The Labute approximate surface area is 146 Å². The van der Waals surface area contributed by atoms with Gasteiger partial charge in [-0.1, -0.05) is 18.2 Å². The van der Waals surface area contributed by atoms with Crippen molar-refractivity contribution in [2.45, 2.75) is 28.0 Å². The van der Waals surface area contributed by atoms with Crippen LogP contribution in [0.5, 0.6) is 0 Å². The first-order chi connectivity index (χ1) is 11.5. The molecule has 0 aliphatic carbocycles. The van der Waals surface area contributed by atoms with Gasteiger partial charge in [-0.3, -0.25) is 4.79 Å². The number of piperidine rings is 1. The lowest BCUT2D eigenvalue weighted by Crippen LogP contribution is -2.46. The lowest BCUT2D eigenvalue weighted by molar-refractivity contribution is 0.0703. The largest absolute Gasteiger partial charge is 0.336 e. The minimum atomic E-state index is -3.56. The Balaban J connectivity index is 1.82. The fourth-order valence-corrected chi connectivity index (χ4v) is 5.55. The molecule has 1 N–H and O–H groups in total. The lowest BCUT2D eigenvalue weighted by atomic mass is 10.1. The standard InChI is InChI=1S/C17H20N2O3S2/c1-18-13-6-5-11-19(12-13)17(20)15-9-10-16(23-15)24(21,22)14-7-3-2-4-8-14/h2-4,7-10,13,18H,5-6,11-12H2,1H3. The van der Waals surface area contributed by atoms with Gasteiger partial charge in [0.1, 0.15) is 4.21 Å². The highest BCUT2D eigenvalue weighted by Crippen LogP contribution is 2.29. The molecular formula is C17H20N2O3S2. The highest BCUT2D eigenvalue weighted by atomic mass is 32.2. The molecule has 1 aliphatic rings. The fourth-order valence-electron chi connectivity index (χ4n) is 2.85. The van der Waals surface area contributed by atoms with Crippen molar-refractivity contribution in [3.05, 3.63) is 47.3 Å². The molecule has 1 atom stereocenters. The molecule has 1 aromatic heterocycles. The maximum Gasteiger partial charge on any atom is 0.264 e.